The monoisotopic (exact) mass is 856 g/mol. The number of benzene rings is 4. The number of carbonyl (C=O) groups is 6. The molecule has 6 rings (SSSR count). The third-order valence-electron chi connectivity index (χ3n) is 10.2. The van der Waals surface area contributed by atoms with Gasteiger partial charge in [-0.1, -0.05) is 70.5 Å². The Bertz CT molecular complexity index is 2220. The van der Waals surface area contributed by atoms with Gasteiger partial charge in [-0.3, -0.25) is 19.4 Å². The molecular weight excluding hydrogens is 812 g/mol. The molecule has 2 aliphatic heterocycles. The molecule has 0 bridgehead atoms. The van der Waals surface area contributed by atoms with Crippen molar-refractivity contribution in [2.75, 3.05) is 19.7 Å². The predicted molar refractivity (Wildman–Crippen MR) is 216 cm³/mol. The second kappa shape index (κ2) is 17.8. The molecule has 2 fully saturated rings. The quantitative estimate of drug-likeness (QED) is 0.0784. The number of nitrogens with zero attached hydrogens (tertiary/aromatic N) is 2. The van der Waals surface area contributed by atoms with Gasteiger partial charge in [-0.05, 0) is 87.7 Å². The summed E-state index contributed by atoms with van der Waals surface area (Å²) in [6.45, 7) is 5.28. The van der Waals surface area contributed by atoms with Crippen LogP contribution in [-0.4, -0.2) is 87.5 Å². The highest BCUT2D eigenvalue weighted by atomic mass is 79.9. The molecule has 14 heteroatoms. The molecule has 2 amide bonds. The van der Waals surface area contributed by atoms with Crippen molar-refractivity contribution >= 4 is 62.4 Å². The third kappa shape index (κ3) is 9.67. The van der Waals surface area contributed by atoms with Crippen LogP contribution in [0.5, 0.6) is 5.75 Å². The number of amides is 2. The number of esters is 1. The van der Waals surface area contributed by atoms with Gasteiger partial charge < -0.3 is 24.1 Å². The Morgan fingerprint density at radius 2 is 1.55 bits per heavy atom. The first-order chi connectivity index (χ1) is 27.6. The summed E-state index contributed by atoms with van der Waals surface area (Å²) in [4.78, 5) is 80.7. The van der Waals surface area contributed by atoms with E-state index in [2.05, 4.69) is 15.9 Å². The van der Waals surface area contributed by atoms with Crippen molar-refractivity contribution in [1.29, 1.82) is 0 Å². The van der Waals surface area contributed by atoms with Gasteiger partial charge in [-0.15, -0.1) is 0 Å². The Kier molecular flexibility index (Phi) is 12.8. The first-order valence-electron chi connectivity index (χ1n) is 19.0. The second-order valence-corrected chi connectivity index (χ2v) is 16.2. The van der Waals surface area contributed by atoms with Gasteiger partial charge in [-0.25, -0.2) is 19.2 Å². The van der Waals surface area contributed by atoms with E-state index in [-0.39, 0.29) is 31.7 Å². The van der Waals surface area contributed by atoms with Crippen molar-refractivity contribution in [3.63, 3.8) is 0 Å². The molecule has 2 saturated heterocycles. The highest BCUT2D eigenvalue weighted by Gasteiger charge is 2.52. The van der Waals surface area contributed by atoms with Gasteiger partial charge in [0.15, 0.2) is 23.7 Å². The number of aliphatic carboxylic acids is 1. The predicted octanol–water partition coefficient (Wildman–Crippen LogP) is 8.14. The van der Waals surface area contributed by atoms with Crippen molar-refractivity contribution in [3.05, 3.63) is 112 Å². The molecule has 4 aromatic rings. The summed E-state index contributed by atoms with van der Waals surface area (Å²) in [7, 11) is 0. The van der Waals surface area contributed by atoms with Crippen LogP contribution in [0, 0.1) is 0 Å². The van der Waals surface area contributed by atoms with E-state index >= 15 is 0 Å². The van der Waals surface area contributed by atoms with Gasteiger partial charge >= 0.3 is 24.1 Å². The van der Waals surface area contributed by atoms with Crippen molar-refractivity contribution < 1.29 is 52.8 Å². The van der Waals surface area contributed by atoms with E-state index in [9.17, 15) is 33.9 Å². The minimum Gasteiger partial charge on any atom is -0.488 e. The number of ether oxygens (including phenoxy) is 4. The summed E-state index contributed by atoms with van der Waals surface area (Å²) in [5.74, 6) is -2.29. The molecule has 4 aromatic carbocycles. The molecule has 13 nitrogen and oxygen atoms in total. The summed E-state index contributed by atoms with van der Waals surface area (Å²) in [6.07, 6.45) is -0.252. The average molecular weight is 858 g/mol. The molecule has 0 aliphatic carbocycles. The zero-order valence-corrected chi connectivity index (χ0v) is 34.1. The lowest BCUT2D eigenvalue weighted by molar-refractivity contribution is -0.149. The van der Waals surface area contributed by atoms with Crippen molar-refractivity contribution in [1.82, 2.24) is 9.80 Å². The maximum atomic E-state index is 13.7. The molecule has 0 radical (unpaired) electrons. The third-order valence-corrected chi connectivity index (χ3v) is 11.0. The number of Topliss-reactive ketones (excluding diaryl/α,β-unsaturated/α-hetero) is 2. The van der Waals surface area contributed by atoms with Crippen LogP contribution in [0.1, 0.15) is 84.7 Å². The van der Waals surface area contributed by atoms with Gasteiger partial charge in [0, 0.05) is 46.1 Å². The summed E-state index contributed by atoms with van der Waals surface area (Å²) in [6, 6.07) is 23.5. The zero-order valence-electron chi connectivity index (χ0n) is 32.5. The SMILES string of the molecule is CC(C)(C)OC(=O)N1CCC[C@H]1C(=O)OCC(=O)c1ccc(Br)c(COc2cccc3cc(C(=O)CC4(C(=O)O)CCCN4C(=O)OCc4ccccc4)ccc23)c1. The molecule has 2 heterocycles. The normalized spacial score (nSPS) is 17.8. The number of likely N-dealkylation sites (tertiary alicyclic amines) is 2. The van der Waals surface area contributed by atoms with Crippen molar-refractivity contribution in [3.8, 4) is 5.75 Å². The highest BCUT2D eigenvalue weighted by Crippen LogP contribution is 2.36. The van der Waals surface area contributed by atoms with Gasteiger partial charge in [-0.2, -0.15) is 0 Å². The van der Waals surface area contributed by atoms with Gasteiger partial charge in [0.2, 0.25) is 0 Å². The Morgan fingerprint density at radius 1 is 0.810 bits per heavy atom. The largest absolute Gasteiger partial charge is 0.488 e. The van der Waals surface area contributed by atoms with E-state index < -0.39 is 65.9 Å². The maximum Gasteiger partial charge on any atom is 0.411 e. The van der Waals surface area contributed by atoms with Gasteiger partial charge in [0.1, 0.15) is 30.6 Å². The molecule has 0 saturated carbocycles. The topological polar surface area (TPSA) is 166 Å². The molecule has 1 N–H and O–H groups in total. The molecule has 2 aliphatic rings. The van der Waals surface area contributed by atoms with E-state index in [1.807, 2.05) is 24.3 Å². The van der Waals surface area contributed by atoms with Crippen LogP contribution in [0.15, 0.2) is 89.4 Å². The summed E-state index contributed by atoms with van der Waals surface area (Å²) in [5.41, 5.74) is -0.467. The maximum absolute atomic E-state index is 13.7. The standard InChI is InChI=1S/C44H45BrN2O11/c1-43(2,3)58-41(53)46-20-8-13-35(46)39(50)56-27-37(49)31-16-18-34(45)32(23-31)26-55-38-14-7-12-29-22-30(15-17-33(29)38)36(48)24-44(40(51)52)19-9-21-47(44)42(54)57-25-28-10-5-4-6-11-28/h4-7,10-12,14-18,22-23,35H,8-9,13,19-21,24-27H2,1-3H3,(H,51,52)/t35-,44?/m0/s1. The van der Waals surface area contributed by atoms with Gasteiger partial charge in [0.05, 0.1) is 0 Å². The smallest absolute Gasteiger partial charge is 0.411 e. The van der Waals surface area contributed by atoms with Crippen LogP contribution in [0.2, 0.25) is 0 Å². The summed E-state index contributed by atoms with van der Waals surface area (Å²) in [5, 5.41) is 11.7. The second-order valence-electron chi connectivity index (χ2n) is 15.4. The molecule has 0 aromatic heterocycles. The molecule has 1 unspecified atom stereocenters. The van der Waals surface area contributed by atoms with Crippen LogP contribution < -0.4 is 4.74 Å². The number of hydrogen-bond donors (Lipinski definition) is 1. The molecule has 304 valence electrons. The fourth-order valence-electron chi connectivity index (χ4n) is 7.23. The number of hydrogen-bond acceptors (Lipinski definition) is 10. The van der Waals surface area contributed by atoms with Crippen LogP contribution >= 0.6 is 15.9 Å². The number of carbonyl (C=O) groups excluding carboxylic acids is 5. The van der Waals surface area contributed by atoms with Crippen molar-refractivity contribution in [2.24, 2.45) is 0 Å². The van der Waals surface area contributed by atoms with Crippen molar-refractivity contribution in [2.45, 2.75) is 83.3 Å². The lowest BCUT2D eigenvalue weighted by Crippen LogP contribution is -2.54. The number of carboxylic acid groups (broad SMARTS) is 1. The van der Waals surface area contributed by atoms with Crippen LogP contribution in [-0.2, 0) is 37.0 Å². The fraction of sp³-hybridized carbons (Fsp3) is 0.364. The number of halogens is 1. The van der Waals surface area contributed by atoms with E-state index in [1.54, 1.807) is 81.4 Å². The minimum absolute atomic E-state index is 0.0220. The zero-order chi connectivity index (χ0) is 41.6. The highest BCUT2D eigenvalue weighted by molar-refractivity contribution is 9.10. The first kappa shape index (κ1) is 41.9. The number of rotatable bonds is 13. The first-order valence-corrected chi connectivity index (χ1v) is 19.8. The Labute approximate surface area is 344 Å². The van der Waals surface area contributed by atoms with Crippen LogP contribution in [0.3, 0.4) is 0 Å². The average Bonchev–Trinajstić information content (AvgIpc) is 3.87. The summed E-state index contributed by atoms with van der Waals surface area (Å²) < 4.78 is 23.1. The van der Waals surface area contributed by atoms with Crippen LogP contribution in [0.4, 0.5) is 9.59 Å². The number of ketones is 2. The Hall–Kier alpha value is -5.76. The molecule has 0 spiro atoms. The lowest BCUT2D eigenvalue weighted by atomic mass is 9.87. The van der Waals surface area contributed by atoms with E-state index in [0.717, 1.165) is 10.5 Å². The molecule has 2 atom stereocenters. The molecular formula is C44H45BrN2O11. The fourth-order valence-corrected chi connectivity index (χ4v) is 7.59. The minimum atomic E-state index is -1.74. The Morgan fingerprint density at radius 3 is 2.29 bits per heavy atom. The van der Waals surface area contributed by atoms with E-state index in [1.165, 1.54) is 4.90 Å². The van der Waals surface area contributed by atoms with Gasteiger partial charge in [0.25, 0.3) is 0 Å². The van der Waals surface area contributed by atoms with E-state index in [4.69, 9.17) is 18.9 Å². The van der Waals surface area contributed by atoms with E-state index in [0.29, 0.717) is 57.9 Å². The Balaban J connectivity index is 1.09. The lowest BCUT2D eigenvalue weighted by Gasteiger charge is -2.33. The molecule has 58 heavy (non-hydrogen) atoms. The van der Waals surface area contributed by atoms with Crippen LogP contribution in [0.25, 0.3) is 10.8 Å². The number of carboxylic acids is 1. The summed E-state index contributed by atoms with van der Waals surface area (Å²) >= 11 is 3.52. The number of fused-ring (bicyclic) bond motifs is 1.